The first-order chi connectivity index (χ1) is 17.8. The molecule has 0 radical (unpaired) electrons. The summed E-state index contributed by atoms with van der Waals surface area (Å²) in [6.07, 6.45) is -0.0596. The summed E-state index contributed by atoms with van der Waals surface area (Å²) in [7, 11) is 3.07. The molecular weight excluding hydrogens is 502 g/mol. The van der Waals surface area contributed by atoms with Crippen LogP contribution in [0, 0.1) is 23.5 Å². The molecule has 0 aromatic heterocycles. The van der Waals surface area contributed by atoms with Crippen molar-refractivity contribution in [2.75, 3.05) is 14.1 Å². The van der Waals surface area contributed by atoms with Crippen LogP contribution in [0.1, 0.15) is 22.3 Å². The second kappa shape index (κ2) is 8.47. The van der Waals surface area contributed by atoms with Crippen molar-refractivity contribution < 1.29 is 43.6 Å². The van der Waals surface area contributed by atoms with Gasteiger partial charge in [-0.1, -0.05) is 12.1 Å². The van der Waals surface area contributed by atoms with E-state index in [1.807, 2.05) is 0 Å². The first kappa shape index (κ1) is 25.6. The van der Waals surface area contributed by atoms with E-state index in [9.17, 15) is 43.6 Å². The molecule has 0 heterocycles. The minimum absolute atomic E-state index is 0.0251. The molecule has 5 rings (SSSR count). The average Bonchev–Trinajstić information content (AvgIpc) is 2.83. The minimum Gasteiger partial charge on any atom is -0.510 e. The highest BCUT2D eigenvalue weighted by Crippen LogP contribution is 2.53. The number of hydrogen-bond acceptors (Lipinski definition) is 8. The quantitative estimate of drug-likeness (QED) is 0.380. The molecule has 0 saturated heterocycles. The Bertz CT molecular complexity index is 1510. The number of benzene rings is 2. The lowest BCUT2D eigenvalue weighted by atomic mass is 9.58. The fraction of sp³-hybridized carbons (Fsp3) is 0.296. The molecule has 0 unspecified atom stereocenters. The van der Waals surface area contributed by atoms with Gasteiger partial charge in [0.15, 0.2) is 23.0 Å². The standard InChI is InChI=1S/C27H24F2N2O7/c1-31(2)21-14-8-11-7-13-12(10-3-5-15(28)16(29)9-10)4-6-17(32)19(13)22(33)18(11)24(35)27(14,38)25(36)20(23(21)34)26(30)37/h3-6,9,11,14,21,32,34-35,38H,7-8H2,1-2H3,(H2,30,37)/t11-,14-,21-,27+/m1/s1. The first-order valence-electron chi connectivity index (χ1n) is 11.8. The number of amides is 1. The first-order valence-corrected chi connectivity index (χ1v) is 11.8. The van der Waals surface area contributed by atoms with Crippen LogP contribution in [0.15, 0.2) is 53.0 Å². The normalized spacial score (nSPS) is 26.8. The zero-order chi connectivity index (χ0) is 27.8. The number of hydrogen-bond donors (Lipinski definition) is 5. The Morgan fingerprint density at radius 3 is 2.37 bits per heavy atom. The summed E-state index contributed by atoms with van der Waals surface area (Å²) in [4.78, 5) is 40.5. The summed E-state index contributed by atoms with van der Waals surface area (Å²) < 4.78 is 27.6. The molecule has 1 amide bonds. The highest BCUT2D eigenvalue weighted by atomic mass is 19.2. The molecule has 38 heavy (non-hydrogen) atoms. The maximum Gasteiger partial charge on any atom is 0.255 e. The van der Waals surface area contributed by atoms with Gasteiger partial charge in [-0.15, -0.1) is 0 Å². The van der Waals surface area contributed by atoms with Gasteiger partial charge in [0.1, 0.15) is 22.8 Å². The number of rotatable bonds is 3. The summed E-state index contributed by atoms with van der Waals surface area (Å²) in [5.41, 5.74) is 2.09. The van der Waals surface area contributed by atoms with Gasteiger partial charge in [-0.2, -0.15) is 0 Å². The van der Waals surface area contributed by atoms with Crippen molar-refractivity contribution in [2.45, 2.75) is 24.5 Å². The van der Waals surface area contributed by atoms with Crippen LogP contribution < -0.4 is 5.73 Å². The van der Waals surface area contributed by atoms with Crippen molar-refractivity contribution >= 4 is 17.5 Å². The molecule has 0 fully saturated rings. The molecule has 0 bridgehead atoms. The summed E-state index contributed by atoms with van der Waals surface area (Å²) in [6.45, 7) is 0. The van der Waals surface area contributed by atoms with Gasteiger partial charge in [-0.05, 0) is 67.7 Å². The van der Waals surface area contributed by atoms with Crippen molar-refractivity contribution in [1.82, 2.24) is 4.90 Å². The predicted molar refractivity (Wildman–Crippen MR) is 129 cm³/mol. The zero-order valence-electron chi connectivity index (χ0n) is 20.3. The van der Waals surface area contributed by atoms with E-state index in [2.05, 4.69) is 0 Å². The van der Waals surface area contributed by atoms with Crippen LogP contribution in [0.5, 0.6) is 5.75 Å². The fourth-order valence-electron chi connectivity index (χ4n) is 6.18. The molecule has 2 aromatic rings. The number of aliphatic hydroxyl groups is 3. The summed E-state index contributed by atoms with van der Waals surface area (Å²) in [5.74, 6) is -9.70. The van der Waals surface area contributed by atoms with E-state index in [4.69, 9.17) is 5.73 Å². The summed E-state index contributed by atoms with van der Waals surface area (Å²) in [6, 6.07) is 4.77. The lowest BCUT2D eigenvalue weighted by Crippen LogP contribution is -2.63. The number of allylic oxidation sites excluding steroid dienone is 1. The number of phenols is 1. The number of likely N-dealkylation sites (N-methyl/N-ethyl adjacent to an activating group) is 1. The molecule has 0 saturated carbocycles. The number of Topliss-reactive ketones (excluding diaryl/α,β-unsaturated/α-hetero) is 2. The van der Waals surface area contributed by atoms with E-state index in [1.165, 1.54) is 37.2 Å². The Morgan fingerprint density at radius 1 is 1.08 bits per heavy atom. The van der Waals surface area contributed by atoms with E-state index in [0.717, 1.165) is 12.1 Å². The van der Waals surface area contributed by atoms with Gasteiger partial charge in [0.2, 0.25) is 5.78 Å². The van der Waals surface area contributed by atoms with E-state index in [-0.39, 0.29) is 29.5 Å². The Morgan fingerprint density at radius 2 is 1.76 bits per heavy atom. The van der Waals surface area contributed by atoms with Crippen LogP contribution in [-0.2, 0) is 16.0 Å². The second-order valence-corrected chi connectivity index (χ2v) is 10.1. The Balaban J connectivity index is 1.73. The summed E-state index contributed by atoms with van der Waals surface area (Å²) in [5, 5.41) is 44.3. The predicted octanol–water partition coefficient (Wildman–Crippen LogP) is 2.07. The smallest absolute Gasteiger partial charge is 0.255 e. The van der Waals surface area contributed by atoms with E-state index in [0.29, 0.717) is 11.1 Å². The third-order valence-electron chi connectivity index (χ3n) is 7.84. The molecule has 3 aliphatic carbocycles. The highest BCUT2D eigenvalue weighted by molar-refractivity contribution is 6.24. The van der Waals surface area contributed by atoms with Crippen molar-refractivity contribution in [3.63, 3.8) is 0 Å². The third kappa shape index (κ3) is 3.31. The van der Waals surface area contributed by atoms with Crippen LogP contribution in [0.2, 0.25) is 0 Å². The third-order valence-corrected chi connectivity index (χ3v) is 7.84. The van der Waals surface area contributed by atoms with Gasteiger partial charge in [0.05, 0.1) is 11.6 Å². The van der Waals surface area contributed by atoms with Crippen molar-refractivity contribution in [3.8, 4) is 16.9 Å². The number of primary amides is 1. The zero-order valence-corrected chi connectivity index (χ0v) is 20.3. The SMILES string of the molecule is CN(C)[C@H]1C(O)=C(C(N)=O)C(=O)[C@@]2(O)C(O)=C3C(=O)c4c(O)ccc(-c5ccc(F)c(F)c5)c4C[C@@H]3C[C@H]12. The second-order valence-electron chi connectivity index (χ2n) is 10.1. The van der Waals surface area contributed by atoms with Gasteiger partial charge in [-0.3, -0.25) is 19.3 Å². The van der Waals surface area contributed by atoms with E-state index < -0.39 is 75.4 Å². The topological polar surface area (TPSA) is 161 Å². The molecule has 0 spiro atoms. The summed E-state index contributed by atoms with van der Waals surface area (Å²) >= 11 is 0. The number of aliphatic hydroxyl groups excluding tert-OH is 2. The van der Waals surface area contributed by atoms with Crippen LogP contribution in [0.3, 0.4) is 0 Å². The molecule has 4 atom stereocenters. The van der Waals surface area contributed by atoms with Gasteiger partial charge >= 0.3 is 0 Å². The number of carbonyl (C=O) groups excluding carboxylic acids is 3. The Labute approximate surface area is 215 Å². The van der Waals surface area contributed by atoms with Crippen molar-refractivity contribution in [1.29, 1.82) is 0 Å². The lowest BCUT2D eigenvalue weighted by molar-refractivity contribution is -0.148. The maximum absolute atomic E-state index is 14.0. The largest absolute Gasteiger partial charge is 0.510 e. The number of fused-ring (bicyclic) bond motifs is 3. The van der Waals surface area contributed by atoms with Gasteiger partial charge in [0.25, 0.3) is 5.91 Å². The maximum atomic E-state index is 14.0. The molecule has 3 aliphatic rings. The number of nitrogens with zero attached hydrogens (tertiary/aromatic N) is 1. The number of aromatic hydroxyl groups is 1. The van der Waals surface area contributed by atoms with Crippen molar-refractivity contribution in [2.24, 2.45) is 17.6 Å². The number of nitrogens with two attached hydrogens (primary N) is 1. The number of carbonyl (C=O) groups is 3. The van der Waals surface area contributed by atoms with Crippen LogP contribution in [0.4, 0.5) is 8.78 Å². The highest BCUT2D eigenvalue weighted by Gasteiger charge is 2.63. The molecular formula is C27H24F2N2O7. The van der Waals surface area contributed by atoms with Gasteiger partial charge in [-0.25, -0.2) is 8.78 Å². The molecule has 198 valence electrons. The minimum atomic E-state index is -2.74. The van der Waals surface area contributed by atoms with E-state index >= 15 is 0 Å². The van der Waals surface area contributed by atoms with E-state index in [1.54, 1.807) is 0 Å². The fourth-order valence-corrected chi connectivity index (χ4v) is 6.18. The van der Waals surface area contributed by atoms with Crippen LogP contribution in [0.25, 0.3) is 11.1 Å². The molecule has 2 aromatic carbocycles. The number of phenolic OH excluding ortho intramolecular Hbond substituents is 1. The van der Waals surface area contributed by atoms with Crippen LogP contribution >= 0.6 is 0 Å². The van der Waals surface area contributed by atoms with Crippen molar-refractivity contribution in [3.05, 3.63) is 75.8 Å². The van der Waals surface area contributed by atoms with Gasteiger partial charge < -0.3 is 26.2 Å². The molecule has 9 nitrogen and oxygen atoms in total. The average molecular weight is 526 g/mol. The van der Waals surface area contributed by atoms with Crippen LogP contribution in [-0.4, -0.2) is 68.5 Å². The van der Waals surface area contributed by atoms with Gasteiger partial charge in [0, 0.05) is 11.5 Å². The Hall–Kier alpha value is -4.09. The number of halogens is 2. The molecule has 6 N–H and O–H groups in total. The molecule has 0 aliphatic heterocycles. The lowest BCUT2D eigenvalue weighted by Gasteiger charge is -2.50. The monoisotopic (exact) mass is 526 g/mol. The molecule has 11 heteroatoms. The number of ketones is 2. The Kier molecular flexibility index (Phi) is 5.69.